The SMILES string of the molecule is Nc1c(F)cccc1-c1cccc(F)c1. The van der Waals surface area contributed by atoms with Crippen molar-refractivity contribution in [2.24, 2.45) is 0 Å². The van der Waals surface area contributed by atoms with Crippen LogP contribution in [0.1, 0.15) is 0 Å². The zero-order valence-electron chi connectivity index (χ0n) is 7.87. The number of benzene rings is 2. The molecule has 0 unspecified atom stereocenters. The number of halogens is 2. The van der Waals surface area contributed by atoms with Crippen molar-refractivity contribution in [3.8, 4) is 11.1 Å². The first-order valence-corrected chi connectivity index (χ1v) is 4.48. The Bertz CT molecular complexity index is 495. The van der Waals surface area contributed by atoms with Gasteiger partial charge in [0.2, 0.25) is 0 Å². The lowest BCUT2D eigenvalue weighted by atomic mass is 10.0. The van der Waals surface area contributed by atoms with Gasteiger partial charge < -0.3 is 5.73 Å². The second-order valence-corrected chi connectivity index (χ2v) is 3.21. The molecule has 0 aliphatic heterocycles. The van der Waals surface area contributed by atoms with E-state index in [9.17, 15) is 8.78 Å². The summed E-state index contributed by atoms with van der Waals surface area (Å²) in [5, 5.41) is 0. The topological polar surface area (TPSA) is 26.0 Å². The number of para-hydroxylation sites is 1. The van der Waals surface area contributed by atoms with Gasteiger partial charge in [-0.1, -0.05) is 24.3 Å². The van der Waals surface area contributed by atoms with E-state index in [0.717, 1.165) is 0 Å². The average Bonchev–Trinajstić information content (AvgIpc) is 2.22. The molecule has 76 valence electrons. The molecule has 0 aromatic heterocycles. The molecule has 0 amide bonds. The lowest BCUT2D eigenvalue weighted by Gasteiger charge is -2.06. The number of nitrogens with two attached hydrogens (primary N) is 1. The quantitative estimate of drug-likeness (QED) is 0.711. The van der Waals surface area contributed by atoms with E-state index in [1.807, 2.05) is 0 Å². The molecule has 0 atom stereocenters. The number of hydrogen-bond acceptors (Lipinski definition) is 1. The van der Waals surface area contributed by atoms with Crippen LogP contribution in [0.3, 0.4) is 0 Å². The Labute approximate surface area is 86.2 Å². The Morgan fingerprint density at radius 2 is 1.67 bits per heavy atom. The van der Waals surface area contributed by atoms with Crippen molar-refractivity contribution in [3.63, 3.8) is 0 Å². The number of nitrogen functional groups attached to an aromatic ring is 1. The zero-order chi connectivity index (χ0) is 10.8. The molecule has 0 aliphatic rings. The van der Waals surface area contributed by atoms with Gasteiger partial charge in [-0.2, -0.15) is 0 Å². The van der Waals surface area contributed by atoms with Crippen molar-refractivity contribution >= 4 is 5.69 Å². The molecule has 2 aromatic rings. The van der Waals surface area contributed by atoms with Crippen LogP contribution in [-0.2, 0) is 0 Å². The first kappa shape index (κ1) is 9.65. The summed E-state index contributed by atoms with van der Waals surface area (Å²) in [6.45, 7) is 0. The Morgan fingerprint density at radius 1 is 0.933 bits per heavy atom. The van der Waals surface area contributed by atoms with Gasteiger partial charge in [0.25, 0.3) is 0 Å². The fourth-order valence-electron chi connectivity index (χ4n) is 1.44. The van der Waals surface area contributed by atoms with E-state index in [-0.39, 0.29) is 11.5 Å². The van der Waals surface area contributed by atoms with Crippen LogP contribution < -0.4 is 5.73 Å². The van der Waals surface area contributed by atoms with Crippen molar-refractivity contribution in [2.75, 3.05) is 5.73 Å². The Hall–Kier alpha value is -1.90. The standard InChI is InChI=1S/C12H9F2N/c13-9-4-1-3-8(7-9)10-5-2-6-11(14)12(10)15/h1-7H,15H2. The van der Waals surface area contributed by atoms with Crippen molar-refractivity contribution in [2.45, 2.75) is 0 Å². The minimum atomic E-state index is -0.489. The lowest BCUT2D eigenvalue weighted by molar-refractivity contribution is 0.627. The molecule has 15 heavy (non-hydrogen) atoms. The third-order valence-corrected chi connectivity index (χ3v) is 2.19. The van der Waals surface area contributed by atoms with Gasteiger partial charge in [0.1, 0.15) is 11.6 Å². The van der Waals surface area contributed by atoms with Crippen LogP contribution in [0.15, 0.2) is 42.5 Å². The molecule has 0 bridgehead atoms. The van der Waals surface area contributed by atoms with Gasteiger partial charge in [-0.05, 0) is 23.8 Å². The highest BCUT2D eigenvalue weighted by molar-refractivity contribution is 5.76. The summed E-state index contributed by atoms with van der Waals surface area (Å²) in [6, 6.07) is 10.4. The van der Waals surface area contributed by atoms with Crippen LogP contribution in [0.25, 0.3) is 11.1 Å². The van der Waals surface area contributed by atoms with Gasteiger partial charge in [0.15, 0.2) is 0 Å². The highest BCUT2D eigenvalue weighted by Crippen LogP contribution is 2.27. The molecule has 0 aliphatic carbocycles. The van der Waals surface area contributed by atoms with Gasteiger partial charge in [0.05, 0.1) is 5.69 Å². The second kappa shape index (κ2) is 3.69. The monoisotopic (exact) mass is 205 g/mol. The van der Waals surface area contributed by atoms with E-state index in [1.165, 1.54) is 18.2 Å². The third kappa shape index (κ3) is 1.81. The van der Waals surface area contributed by atoms with Crippen molar-refractivity contribution < 1.29 is 8.78 Å². The summed E-state index contributed by atoms with van der Waals surface area (Å²) < 4.78 is 26.1. The van der Waals surface area contributed by atoms with E-state index in [2.05, 4.69) is 0 Å². The average molecular weight is 205 g/mol. The lowest BCUT2D eigenvalue weighted by Crippen LogP contribution is -1.94. The van der Waals surface area contributed by atoms with Crippen LogP contribution >= 0.6 is 0 Å². The van der Waals surface area contributed by atoms with Crippen LogP contribution in [0.2, 0.25) is 0 Å². The normalized spacial score (nSPS) is 10.3. The molecule has 0 spiro atoms. The minimum absolute atomic E-state index is 0.0445. The predicted molar refractivity (Wildman–Crippen MR) is 56.2 cm³/mol. The van der Waals surface area contributed by atoms with Crippen LogP contribution in [0, 0.1) is 11.6 Å². The molecule has 3 heteroatoms. The maximum atomic E-state index is 13.1. The molecule has 0 heterocycles. The highest BCUT2D eigenvalue weighted by Gasteiger charge is 2.06. The first-order valence-electron chi connectivity index (χ1n) is 4.48. The molecule has 2 N–H and O–H groups in total. The fraction of sp³-hybridized carbons (Fsp3) is 0. The summed E-state index contributed by atoms with van der Waals surface area (Å²) in [5.74, 6) is -0.854. The predicted octanol–water partition coefficient (Wildman–Crippen LogP) is 3.21. The van der Waals surface area contributed by atoms with Crippen LogP contribution in [-0.4, -0.2) is 0 Å². The Morgan fingerprint density at radius 3 is 2.40 bits per heavy atom. The summed E-state index contributed by atoms with van der Waals surface area (Å²) in [4.78, 5) is 0. The van der Waals surface area contributed by atoms with E-state index < -0.39 is 5.82 Å². The zero-order valence-corrected chi connectivity index (χ0v) is 7.87. The molecule has 0 saturated heterocycles. The summed E-state index contributed by atoms with van der Waals surface area (Å²) >= 11 is 0. The van der Waals surface area contributed by atoms with Gasteiger partial charge in [0, 0.05) is 5.56 Å². The Balaban J connectivity index is 2.59. The molecule has 1 nitrogen and oxygen atoms in total. The van der Waals surface area contributed by atoms with Crippen LogP contribution in [0.4, 0.5) is 14.5 Å². The molecular weight excluding hydrogens is 196 g/mol. The van der Waals surface area contributed by atoms with Crippen molar-refractivity contribution in [1.29, 1.82) is 0 Å². The second-order valence-electron chi connectivity index (χ2n) is 3.21. The van der Waals surface area contributed by atoms with E-state index in [4.69, 9.17) is 5.73 Å². The largest absolute Gasteiger partial charge is 0.396 e. The smallest absolute Gasteiger partial charge is 0.146 e. The maximum Gasteiger partial charge on any atom is 0.146 e. The molecule has 0 fully saturated rings. The molecular formula is C12H9F2N. The Kier molecular flexibility index (Phi) is 2.37. The molecule has 2 rings (SSSR count). The number of hydrogen-bond donors (Lipinski definition) is 1. The maximum absolute atomic E-state index is 13.1. The number of rotatable bonds is 1. The van der Waals surface area contributed by atoms with Crippen molar-refractivity contribution in [3.05, 3.63) is 54.1 Å². The van der Waals surface area contributed by atoms with Crippen LogP contribution in [0.5, 0.6) is 0 Å². The summed E-state index contributed by atoms with van der Waals surface area (Å²) in [6.07, 6.45) is 0. The first-order chi connectivity index (χ1) is 7.18. The minimum Gasteiger partial charge on any atom is -0.396 e. The van der Waals surface area contributed by atoms with Gasteiger partial charge >= 0.3 is 0 Å². The van der Waals surface area contributed by atoms with E-state index >= 15 is 0 Å². The summed E-state index contributed by atoms with van der Waals surface area (Å²) in [5.41, 5.74) is 6.70. The van der Waals surface area contributed by atoms with Gasteiger partial charge in [-0.3, -0.25) is 0 Å². The summed E-state index contributed by atoms with van der Waals surface area (Å²) in [7, 11) is 0. The van der Waals surface area contributed by atoms with Crippen molar-refractivity contribution in [1.82, 2.24) is 0 Å². The number of anilines is 1. The van der Waals surface area contributed by atoms with Gasteiger partial charge in [-0.25, -0.2) is 8.78 Å². The van der Waals surface area contributed by atoms with Gasteiger partial charge in [-0.15, -0.1) is 0 Å². The fourth-order valence-corrected chi connectivity index (χ4v) is 1.44. The molecule has 0 saturated carbocycles. The van der Waals surface area contributed by atoms with E-state index in [1.54, 1.807) is 24.3 Å². The van der Waals surface area contributed by atoms with E-state index in [0.29, 0.717) is 11.1 Å². The third-order valence-electron chi connectivity index (χ3n) is 2.19. The highest BCUT2D eigenvalue weighted by atomic mass is 19.1. The molecule has 2 aromatic carbocycles. The molecule has 0 radical (unpaired) electrons.